The third-order valence-electron chi connectivity index (χ3n) is 3.62. The van der Waals surface area contributed by atoms with Gasteiger partial charge in [-0.2, -0.15) is 0 Å². The largest absolute Gasteiger partial charge is 0.316 e. The minimum atomic E-state index is 0.597. The van der Waals surface area contributed by atoms with Crippen LogP contribution in [-0.4, -0.2) is 13.1 Å². The lowest BCUT2D eigenvalue weighted by molar-refractivity contribution is 0.516. The van der Waals surface area contributed by atoms with Gasteiger partial charge in [-0.1, -0.05) is 69.7 Å². The van der Waals surface area contributed by atoms with E-state index < -0.39 is 0 Å². The van der Waals surface area contributed by atoms with Crippen molar-refractivity contribution in [2.24, 2.45) is 0 Å². The normalized spacial score (nSPS) is 12.6. The molecule has 0 bridgehead atoms. The summed E-state index contributed by atoms with van der Waals surface area (Å²) in [6.07, 6.45) is 8.00. The lowest BCUT2D eigenvalue weighted by Crippen LogP contribution is -2.21. The first kappa shape index (κ1) is 16.5. The van der Waals surface area contributed by atoms with Crippen molar-refractivity contribution in [3.05, 3.63) is 34.9 Å². The topological polar surface area (TPSA) is 12.0 Å². The molecular formula is C17H28ClN. The summed E-state index contributed by atoms with van der Waals surface area (Å²) in [7, 11) is 0. The average molecular weight is 282 g/mol. The van der Waals surface area contributed by atoms with Gasteiger partial charge in [0.05, 0.1) is 0 Å². The van der Waals surface area contributed by atoms with Gasteiger partial charge in [0.1, 0.15) is 0 Å². The van der Waals surface area contributed by atoms with E-state index in [0.29, 0.717) is 5.92 Å². The molecule has 0 aliphatic rings. The van der Waals surface area contributed by atoms with Crippen LogP contribution in [0.2, 0.25) is 5.02 Å². The summed E-state index contributed by atoms with van der Waals surface area (Å²) in [6.45, 7) is 6.52. The van der Waals surface area contributed by atoms with E-state index in [2.05, 4.69) is 37.4 Å². The maximum Gasteiger partial charge on any atom is 0.0408 e. The highest BCUT2D eigenvalue weighted by Crippen LogP contribution is 2.24. The maximum absolute atomic E-state index is 6.11. The third kappa shape index (κ3) is 6.98. The van der Waals surface area contributed by atoms with Gasteiger partial charge < -0.3 is 5.32 Å². The molecule has 1 rings (SSSR count). The number of benzene rings is 1. The highest BCUT2D eigenvalue weighted by Gasteiger charge is 2.11. The molecule has 1 unspecified atom stereocenters. The quantitative estimate of drug-likeness (QED) is 0.567. The molecule has 0 saturated carbocycles. The van der Waals surface area contributed by atoms with Crippen molar-refractivity contribution in [2.75, 3.05) is 13.1 Å². The zero-order valence-electron chi connectivity index (χ0n) is 12.4. The monoisotopic (exact) mass is 281 g/mol. The summed E-state index contributed by atoms with van der Waals surface area (Å²) < 4.78 is 0. The molecule has 0 spiro atoms. The van der Waals surface area contributed by atoms with Crippen molar-refractivity contribution in [3.63, 3.8) is 0 Å². The summed E-state index contributed by atoms with van der Waals surface area (Å²) in [5, 5.41) is 4.33. The molecule has 1 N–H and O–H groups in total. The molecule has 0 aliphatic heterocycles. The zero-order valence-corrected chi connectivity index (χ0v) is 13.2. The van der Waals surface area contributed by atoms with Crippen molar-refractivity contribution < 1.29 is 0 Å². The van der Waals surface area contributed by atoms with Crippen LogP contribution in [0.4, 0.5) is 0 Å². The zero-order chi connectivity index (χ0) is 13.9. The Morgan fingerprint density at radius 1 is 1.11 bits per heavy atom. The van der Waals surface area contributed by atoms with E-state index in [-0.39, 0.29) is 0 Å². The number of unbranched alkanes of at least 4 members (excludes halogenated alkanes) is 4. The molecule has 1 aromatic rings. The molecule has 0 fully saturated rings. The van der Waals surface area contributed by atoms with Gasteiger partial charge in [0.2, 0.25) is 0 Å². The standard InChI is InChI=1S/C17H28ClN/c1-3-5-6-7-8-10-16(14-19-4-2)15-11-9-12-17(18)13-15/h9,11-13,16,19H,3-8,10,14H2,1-2H3. The van der Waals surface area contributed by atoms with Crippen LogP contribution in [0.25, 0.3) is 0 Å². The Labute approximate surface area is 123 Å². The van der Waals surface area contributed by atoms with E-state index in [4.69, 9.17) is 11.6 Å². The molecule has 2 heteroatoms. The Morgan fingerprint density at radius 3 is 2.58 bits per heavy atom. The Bertz CT molecular complexity index is 338. The van der Waals surface area contributed by atoms with Gasteiger partial charge in [-0.25, -0.2) is 0 Å². The van der Waals surface area contributed by atoms with Gasteiger partial charge in [-0.05, 0) is 36.6 Å². The van der Waals surface area contributed by atoms with Crippen LogP contribution >= 0.6 is 11.6 Å². The molecule has 0 radical (unpaired) electrons. The van der Waals surface area contributed by atoms with E-state index in [9.17, 15) is 0 Å². The molecule has 108 valence electrons. The number of nitrogens with one attached hydrogen (secondary N) is 1. The second-order valence-electron chi connectivity index (χ2n) is 5.26. The lowest BCUT2D eigenvalue weighted by atomic mass is 9.93. The number of halogens is 1. The van der Waals surface area contributed by atoms with Gasteiger partial charge in [-0.15, -0.1) is 0 Å². The van der Waals surface area contributed by atoms with Crippen molar-refractivity contribution >= 4 is 11.6 Å². The fraction of sp³-hybridized carbons (Fsp3) is 0.647. The van der Waals surface area contributed by atoms with Gasteiger partial charge in [0, 0.05) is 11.6 Å². The fourth-order valence-electron chi connectivity index (χ4n) is 2.46. The van der Waals surface area contributed by atoms with Crippen LogP contribution in [0, 0.1) is 0 Å². The van der Waals surface area contributed by atoms with Crippen LogP contribution in [0.3, 0.4) is 0 Å². The van der Waals surface area contributed by atoms with Crippen molar-refractivity contribution in [2.45, 2.75) is 58.3 Å². The predicted molar refractivity (Wildman–Crippen MR) is 86.1 cm³/mol. The first-order valence-electron chi connectivity index (χ1n) is 7.74. The van der Waals surface area contributed by atoms with Crippen LogP contribution in [0.1, 0.15) is 63.9 Å². The molecule has 1 atom stereocenters. The minimum Gasteiger partial charge on any atom is -0.316 e. The number of hydrogen-bond acceptors (Lipinski definition) is 1. The predicted octanol–water partition coefficient (Wildman–Crippen LogP) is 5.39. The number of likely N-dealkylation sites (N-methyl/N-ethyl adjacent to an activating group) is 1. The SMILES string of the molecule is CCCCCCCC(CNCC)c1cccc(Cl)c1. The minimum absolute atomic E-state index is 0.597. The van der Waals surface area contributed by atoms with E-state index in [0.717, 1.165) is 18.1 Å². The number of rotatable bonds is 10. The molecule has 0 saturated heterocycles. The van der Waals surface area contributed by atoms with Crippen molar-refractivity contribution in [3.8, 4) is 0 Å². The summed E-state index contributed by atoms with van der Waals surface area (Å²) >= 11 is 6.11. The highest BCUT2D eigenvalue weighted by atomic mass is 35.5. The fourth-order valence-corrected chi connectivity index (χ4v) is 2.66. The van der Waals surface area contributed by atoms with Gasteiger partial charge in [-0.3, -0.25) is 0 Å². The van der Waals surface area contributed by atoms with Crippen LogP contribution in [-0.2, 0) is 0 Å². The summed E-state index contributed by atoms with van der Waals surface area (Å²) in [5.41, 5.74) is 1.38. The first-order valence-corrected chi connectivity index (χ1v) is 8.11. The molecular weight excluding hydrogens is 254 g/mol. The highest BCUT2D eigenvalue weighted by molar-refractivity contribution is 6.30. The van der Waals surface area contributed by atoms with Gasteiger partial charge in [0.25, 0.3) is 0 Å². The second-order valence-corrected chi connectivity index (χ2v) is 5.70. The second kappa shape index (κ2) is 10.3. The van der Waals surface area contributed by atoms with Crippen LogP contribution in [0.15, 0.2) is 24.3 Å². The smallest absolute Gasteiger partial charge is 0.0408 e. The first-order chi connectivity index (χ1) is 9.27. The molecule has 1 aromatic carbocycles. The lowest BCUT2D eigenvalue weighted by Gasteiger charge is -2.18. The number of hydrogen-bond donors (Lipinski definition) is 1. The molecule has 19 heavy (non-hydrogen) atoms. The van der Waals surface area contributed by atoms with Crippen molar-refractivity contribution in [1.29, 1.82) is 0 Å². The maximum atomic E-state index is 6.11. The summed E-state index contributed by atoms with van der Waals surface area (Å²) in [6, 6.07) is 8.35. The van der Waals surface area contributed by atoms with E-state index in [1.807, 2.05) is 6.07 Å². The Kier molecular flexibility index (Phi) is 8.94. The third-order valence-corrected chi connectivity index (χ3v) is 3.85. The summed E-state index contributed by atoms with van der Waals surface area (Å²) in [5.74, 6) is 0.597. The van der Waals surface area contributed by atoms with Gasteiger partial charge in [0.15, 0.2) is 0 Å². The van der Waals surface area contributed by atoms with E-state index in [1.165, 1.54) is 44.1 Å². The molecule has 0 amide bonds. The molecule has 0 heterocycles. The Hall–Kier alpha value is -0.530. The average Bonchev–Trinajstić information content (AvgIpc) is 2.42. The van der Waals surface area contributed by atoms with E-state index >= 15 is 0 Å². The Morgan fingerprint density at radius 2 is 1.89 bits per heavy atom. The Balaban J connectivity index is 2.47. The van der Waals surface area contributed by atoms with Crippen molar-refractivity contribution in [1.82, 2.24) is 5.32 Å². The van der Waals surface area contributed by atoms with Crippen LogP contribution < -0.4 is 5.32 Å². The molecule has 1 nitrogen and oxygen atoms in total. The molecule has 0 aromatic heterocycles. The summed E-state index contributed by atoms with van der Waals surface area (Å²) in [4.78, 5) is 0. The van der Waals surface area contributed by atoms with Gasteiger partial charge >= 0.3 is 0 Å². The van der Waals surface area contributed by atoms with E-state index in [1.54, 1.807) is 0 Å². The molecule has 0 aliphatic carbocycles. The van der Waals surface area contributed by atoms with Crippen LogP contribution in [0.5, 0.6) is 0 Å².